The third-order valence-corrected chi connectivity index (χ3v) is 3.11. The maximum Gasteiger partial charge on any atom is 0.220 e. The number of alkyl halides is 1. The smallest absolute Gasteiger partial charge is 0.220 e. The number of rotatable bonds is 5. The van der Waals surface area contributed by atoms with Gasteiger partial charge in [-0.25, -0.2) is 0 Å². The van der Waals surface area contributed by atoms with Gasteiger partial charge in [0, 0.05) is 25.4 Å². The summed E-state index contributed by atoms with van der Waals surface area (Å²) in [5.74, 6) is 1.34. The Labute approximate surface area is 97.2 Å². The molecule has 3 nitrogen and oxygen atoms in total. The van der Waals surface area contributed by atoms with Crippen LogP contribution in [0.2, 0.25) is 0 Å². The minimum atomic E-state index is 0.142. The first-order valence-corrected chi connectivity index (χ1v) is 6.27. The van der Waals surface area contributed by atoms with Crippen molar-refractivity contribution in [2.24, 2.45) is 5.92 Å². The number of halogens is 1. The molecule has 0 bridgehead atoms. The van der Waals surface area contributed by atoms with Crippen molar-refractivity contribution in [1.29, 1.82) is 0 Å². The lowest BCUT2D eigenvalue weighted by molar-refractivity contribution is -0.121. The third-order valence-electron chi connectivity index (χ3n) is 2.85. The maximum absolute atomic E-state index is 11.3. The molecule has 0 aromatic heterocycles. The minimum Gasteiger partial charge on any atom is -0.356 e. The van der Waals surface area contributed by atoms with Gasteiger partial charge in [0.2, 0.25) is 5.91 Å². The lowest BCUT2D eigenvalue weighted by Gasteiger charge is -2.29. The number of hydrogen-bond donors (Lipinski definition) is 1. The minimum absolute atomic E-state index is 0.142. The maximum atomic E-state index is 11.3. The van der Waals surface area contributed by atoms with Crippen LogP contribution in [0.15, 0.2) is 0 Å². The van der Waals surface area contributed by atoms with E-state index in [1.165, 1.54) is 19.4 Å². The highest BCUT2D eigenvalue weighted by Crippen LogP contribution is 2.13. The molecule has 1 aliphatic heterocycles. The molecule has 0 radical (unpaired) electrons. The van der Waals surface area contributed by atoms with Crippen LogP contribution in [0.25, 0.3) is 0 Å². The van der Waals surface area contributed by atoms with Crippen LogP contribution >= 0.6 is 11.6 Å². The molecule has 1 aliphatic rings. The van der Waals surface area contributed by atoms with Crippen LogP contribution in [-0.4, -0.2) is 43.4 Å². The SMILES string of the molecule is CN1CCCC(CNC(=O)CCCCl)C1. The Morgan fingerprint density at radius 3 is 3.07 bits per heavy atom. The number of likely N-dealkylation sites (tertiary alicyclic amines) is 1. The molecule has 0 spiro atoms. The van der Waals surface area contributed by atoms with Crippen LogP contribution in [0, 0.1) is 5.92 Å². The van der Waals surface area contributed by atoms with Gasteiger partial charge >= 0.3 is 0 Å². The average molecular weight is 233 g/mol. The van der Waals surface area contributed by atoms with Gasteiger partial charge < -0.3 is 10.2 Å². The molecule has 4 heteroatoms. The third kappa shape index (κ3) is 5.38. The van der Waals surface area contributed by atoms with E-state index in [-0.39, 0.29) is 5.91 Å². The second-order valence-corrected chi connectivity index (χ2v) is 4.75. The van der Waals surface area contributed by atoms with Gasteiger partial charge in [0.25, 0.3) is 0 Å². The Balaban J connectivity index is 2.10. The molecule has 1 fully saturated rings. The van der Waals surface area contributed by atoms with E-state index in [4.69, 9.17) is 11.6 Å². The molecule has 0 aliphatic carbocycles. The number of hydrogen-bond acceptors (Lipinski definition) is 2. The molecule has 1 unspecified atom stereocenters. The van der Waals surface area contributed by atoms with Gasteiger partial charge in [-0.3, -0.25) is 4.79 Å². The van der Waals surface area contributed by atoms with Crippen molar-refractivity contribution >= 4 is 17.5 Å². The first-order chi connectivity index (χ1) is 7.22. The number of carbonyl (C=O) groups is 1. The van der Waals surface area contributed by atoms with Gasteiger partial charge in [-0.2, -0.15) is 0 Å². The summed E-state index contributed by atoms with van der Waals surface area (Å²) in [6.07, 6.45) is 3.82. The van der Waals surface area contributed by atoms with Crippen LogP contribution in [0.3, 0.4) is 0 Å². The van der Waals surface area contributed by atoms with E-state index in [9.17, 15) is 4.79 Å². The van der Waals surface area contributed by atoms with Crippen molar-refractivity contribution in [3.8, 4) is 0 Å². The van der Waals surface area contributed by atoms with Crippen molar-refractivity contribution in [1.82, 2.24) is 10.2 Å². The molecular formula is C11H21ClN2O. The summed E-state index contributed by atoms with van der Waals surface area (Å²) in [5, 5.41) is 2.98. The number of nitrogens with one attached hydrogen (secondary N) is 1. The Bertz CT molecular complexity index is 199. The van der Waals surface area contributed by atoms with Crippen molar-refractivity contribution in [2.75, 3.05) is 32.6 Å². The van der Waals surface area contributed by atoms with E-state index in [1.54, 1.807) is 0 Å². The lowest BCUT2D eigenvalue weighted by atomic mass is 9.98. The quantitative estimate of drug-likeness (QED) is 0.728. The summed E-state index contributed by atoms with van der Waals surface area (Å²) in [7, 11) is 2.14. The predicted molar refractivity (Wildman–Crippen MR) is 63.2 cm³/mol. The second-order valence-electron chi connectivity index (χ2n) is 4.37. The topological polar surface area (TPSA) is 32.3 Å². The molecule has 0 aromatic carbocycles. The van der Waals surface area contributed by atoms with Gasteiger partial charge in [0.1, 0.15) is 0 Å². The molecule has 15 heavy (non-hydrogen) atoms. The van der Waals surface area contributed by atoms with E-state index in [2.05, 4.69) is 17.3 Å². The highest BCUT2D eigenvalue weighted by molar-refractivity contribution is 6.17. The van der Waals surface area contributed by atoms with Crippen molar-refractivity contribution in [2.45, 2.75) is 25.7 Å². The van der Waals surface area contributed by atoms with Crippen LogP contribution in [-0.2, 0) is 4.79 Å². The summed E-state index contributed by atoms with van der Waals surface area (Å²) in [5.41, 5.74) is 0. The molecular weight excluding hydrogens is 212 g/mol. The van der Waals surface area contributed by atoms with Crippen molar-refractivity contribution in [3.05, 3.63) is 0 Å². The monoisotopic (exact) mass is 232 g/mol. The second kappa shape index (κ2) is 7.07. The largest absolute Gasteiger partial charge is 0.356 e. The molecule has 1 heterocycles. The number of nitrogens with zero attached hydrogens (tertiary/aromatic N) is 1. The summed E-state index contributed by atoms with van der Waals surface area (Å²) >= 11 is 5.53. The fourth-order valence-electron chi connectivity index (χ4n) is 2.01. The van der Waals surface area contributed by atoms with Gasteiger partial charge in [-0.15, -0.1) is 11.6 Å². The number of carbonyl (C=O) groups excluding carboxylic acids is 1. The molecule has 0 saturated carbocycles. The summed E-state index contributed by atoms with van der Waals surface area (Å²) in [4.78, 5) is 13.7. The van der Waals surface area contributed by atoms with E-state index in [1.807, 2.05) is 0 Å². The van der Waals surface area contributed by atoms with E-state index in [0.29, 0.717) is 18.2 Å². The van der Waals surface area contributed by atoms with Crippen LogP contribution < -0.4 is 5.32 Å². The number of amides is 1. The highest BCUT2D eigenvalue weighted by atomic mass is 35.5. The van der Waals surface area contributed by atoms with Crippen molar-refractivity contribution in [3.63, 3.8) is 0 Å². The Kier molecular flexibility index (Phi) is 6.03. The fourth-order valence-corrected chi connectivity index (χ4v) is 2.15. The summed E-state index contributed by atoms with van der Waals surface area (Å²) in [6, 6.07) is 0. The van der Waals surface area contributed by atoms with Gasteiger partial charge in [0.15, 0.2) is 0 Å². The van der Waals surface area contributed by atoms with Crippen LogP contribution in [0.4, 0.5) is 0 Å². The zero-order valence-corrected chi connectivity index (χ0v) is 10.2. The molecule has 1 amide bonds. The lowest BCUT2D eigenvalue weighted by Crippen LogP contribution is -2.39. The zero-order valence-electron chi connectivity index (χ0n) is 9.47. The van der Waals surface area contributed by atoms with Gasteiger partial charge in [0.05, 0.1) is 0 Å². The normalized spacial score (nSPS) is 22.7. The van der Waals surface area contributed by atoms with Gasteiger partial charge in [-0.1, -0.05) is 0 Å². The molecule has 88 valence electrons. The van der Waals surface area contributed by atoms with E-state index in [0.717, 1.165) is 19.5 Å². The first-order valence-electron chi connectivity index (χ1n) is 5.73. The summed E-state index contributed by atoms with van der Waals surface area (Å²) in [6.45, 7) is 3.12. The summed E-state index contributed by atoms with van der Waals surface area (Å²) < 4.78 is 0. The van der Waals surface area contributed by atoms with Gasteiger partial charge in [-0.05, 0) is 38.8 Å². The first kappa shape index (κ1) is 12.8. The molecule has 1 N–H and O–H groups in total. The van der Waals surface area contributed by atoms with E-state index >= 15 is 0 Å². The van der Waals surface area contributed by atoms with Crippen LogP contribution in [0.1, 0.15) is 25.7 Å². The molecule has 1 saturated heterocycles. The van der Waals surface area contributed by atoms with Crippen molar-refractivity contribution < 1.29 is 4.79 Å². The zero-order chi connectivity index (χ0) is 11.1. The molecule has 1 atom stereocenters. The standard InChI is InChI=1S/C11H21ClN2O/c1-14-7-3-4-10(9-14)8-13-11(15)5-2-6-12/h10H,2-9H2,1H3,(H,13,15). The number of piperidine rings is 1. The fraction of sp³-hybridized carbons (Fsp3) is 0.909. The highest BCUT2D eigenvalue weighted by Gasteiger charge is 2.17. The predicted octanol–water partition coefficient (Wildman–Crippen LogP) is 1.46. The molecule has 1 rings (SSSR count). The Hall–Kier alpha value is -0.280. The molecule has 0 aromatic rings. The van der Waals surface area contributed by atoms with E-state index < -0.39 is 0 Å². The Morgan fingerprint density at radius 1 is 1.60 bits per heavy atom. The average Bonchev–Trinajstić information content (AvgIpc) is 2.23. The Morgan fingerprint density at radius 2 is 2.40 bits per heavy atom. The van der Waals surface area contributed by atoms with Crippen LogP contribution in [0.5, 0.6) is 0 Å².